The Morgan fingerprint density at radius 3 is 2.45 bits per heavy atom. The van der Waals surface area contributed by atoms with Gasteiger partial charge >= 0.3 is 12.1 Å². The predicted octanol–water partition coefficient (Wildman–Crippen LogP) is 3.74. The number of fused-ring (bicyclic) bond motifs is 1. The molecule has 29 heavy (non-hydrogen) atoms. The summed E-state index contributed by atoms with van der Waals surface area (Å²) < 4.78 is 10.7. The Morgan fingerprint density at radius 2 is 1.76 bits per heavy atom. The lowest BCUT2D eigenvalue weighted by Crippen LogP contribution is -2.45. The SMILES string of the molecule is CC(C)(C)OC(=O)N[C@@H](Cc1nc2ccccc2[nH]1)C(=O)OCc1ccccc1. The van der Waals surface area contributed by atoms with Crippen molar-refractivity contribution in [2.75, 3.05) is 0 Å². The molecule has 0 fully saturated rings. The van der Waals surface area contributed by atoms with Crippen LogP contribution < -0.4 is 5.32 Å². The molecule has 0 aliphatic rings. The molecule has 0 aliphatic heterocycles. The molecule has 2 aromatic carbocycles. The van der Waals surface area contributed by atoms with Gasteiger partial charge in [0.1, 0.15) is 24.1 Å². The standard InChI is InChI=1S/C22H25N3O4/c1-22(2,3)29-21(27)25-18(20(26)28-14-15-9-5-4-6-10-15)13-19-23-16-11-7-8-12-17(16)24-19/h4-12,18H,13-14H2,1-3H3,(H,23,24)(H,25,27)/t18-/m0/s1. The molecule has 1 atom stereocenters. The van der Waals surface area contributed by atoms with Crippen molar-refractivity contribution in [2.24, 2.45) is 0 Å². The van der Waals surface area contributed by atoms with Gasteiger partial charge in [-0.3, -0.25) is 0 Å². The third-order valence-corrected chi connectivity index (χ3v) is 4.04. The summed E-state index contributed by atoms with van der Waals surface area (Å²) in [4.78, 5) is 32.6. The first-order valence-electron chi connectivity index (χ1n) is 9.44. The molecule has 1 heterocycles. The number of carbonyl (C=O) groups excluding carboxylic acids is 2. The van der Waals surface area contributed by atoms with Crippen LogP contribution in [0.15, 0.2) is 54.6 Å². The van der Waals surface area contributed by atoms with Crippen molar-refractivity contribution in [3.05, 3.63) is 66.0 Å². The minimum atomic E-state index is -0.936. The van der Waals surface area contributed by atoms with Gasteiger partial charge in [-0.05, 0) is 38.5 Å². The number of aromatic amines is 1. The van der Waals surface area contributed by atoms with Crippen molar-refractivity contribution in [3.8, 4) is 0 Å². The second-order valence-electron chi connectivity index (χ2n) is 7.70. The van der Waals surface area contributed by atoms with Gasteiger partial charge < -0.3 is 19.8 Å². The highest BCUT2D eigenvalue weighted by atomic mass is 16.6. The van der Waals surface area contributed by atoms with Crippen LogP contribution >= 0.6 is 0 Å². The number of benzene rings is 2. The molecule has 152 valence electrons. The smallest absolute Gasteiger partial charge is 0.408 e. The molecule has 1 aromatic heterocycles. The van der Waals surface area contributed by atoms with Gasteiger partial charge in [0.05, 0.1) is 11.0 Å². The molecule has 0 spiro atoms. The summed E-state index contributed by atoms with van der Waals surface area (Å²) in [5.74, 6) is 0.0177. The molecule has 0 saturated heterocycles. The van der Waals surface area contributed by atoms with E-state index in [-0.39, 0.29) is 13.0 Å². The first-order chi connectivity index (χ1) is 13.8. The maximum atomic E-state index is 12.7. The van der Waals surface area contributed by atoms with Crippen molar-refractivity contribution in [3.63, 3.8) is 0 Å². The largest absolute Gasteiger partial charge is 0.459 e. The van der Waals surface area contributed by atoms with E-state index in [0.717, 1.165) is 16.6 Å². The average molecular weight is 395 g/mol. The van der Waals surface area contributed by atoms with E-state index in [0.29, 0.717) is 5.82 Å². The number of H-pyrrole nitrogens is 1. The first kappa shape index (κ1) is 20.4. The number of para-hydroxylation sites is 2. The number of amides is 1. The van der Waals surface area contributed by atoms with E-state index in [1.807, 2.05) is 54.6 Å². The van der Waals surface area contributed by atoms with Crippen molar-refractivity contribution >= 4 is 23.1 Å². The van der Waals surface area contributed by atoms with Crippen LogP contribution in [-0.2, 0) is 27.3 Å². The number of imidazole rings is 1. The number of carbonyl (C=O) groups is 2. The van der Waals surface area contributed by atoms with Crippen LogP contribution in [0.3, 0.4) is 0 Å². The Balaban J connectivity index is 1.72. The number of rotatable bonds is 6. The van der Waals surface area contributed by atoms with E-state index in [2.05, 4.69) is 15.3 Å². The zero-order valence-corrected chi connectivity index (χ0v) is 16.8. The topological polar surface area (TPSA) is 93.3 Å². The lowest BCUT2D eigenvalue weighted by molar-refractivity contribution is -0.147. The molecule has 7 nitrogen and oxygen atoms in total. The van der Waals surface area contributed by atoms with Crippen LogP contribution in [-0.4, -0.2) is 33.7 Å². The van der Waals surface area contributed by atoms with Crippen LogP contribution in [0.1, 0.15) is 32.2 Å². The monoisotopic (exact) mass is 395 g/mol. The summed E-state index contributed by atoms with van der Waals surface area (Å²) in [5.41, 5.74) is 1.83. The van der Waals surface area contributed by atoms with E-state index in [4.69, 9.17) is 9.47 Å². The molecule has 0 saturated carbocycles. The summed E-state index contributed by atoms with van der Waals surface area (Å²) in [6, 6.07) is 16.0. The molecule has 0 unspecified atom stereocenters. The number of alkyl carbamates (subject to hydrolysis) is 1. The van der Waals surface area contributed by atoms with Gasteiger partial charge in [-0.1, -0.05) is 42.5 Å². The molecule has 0 bridgehead atoms. The van der Waals surface area contributed by atoms with Gasteiger partial charge in [0.2, 0.25) is 0 Å². The minimum absolute atomic E-state index is 0.117. The lowest BCUT2D eigenvalue weighted by Gasteiger charge is -2.22. The third-order valence-electron chi connectivity index (χ3n) is 4.04. The third kappa shape index (κ3) is 6.07. The summed E-state index contributed by atoms with van der Waals surface area (Å²) in [6.07, 6.45) is -0.531. The van der Waals surface area contributed by atoms with E-state index in [9.17, 15) is 9.59 Å². The first-order valence-corrected chi connectivity index (χ1v) is 9.44. The summed E-state index contributed by atoms with van der Waals surface area (Å²) in [7, 11) is 0. The maximum absolute atomic E-state index is 12.7. The van der Waals surface area contributed by atoms with Crippen molar-refractivity contribution in [1.29, 1.82) is 0 Å². The summed E-state index contributed by atoms with van der Waals surface area (Å²) in [5, 5.41) is 2.61. The molecule has 3 aromatic rings. The van der Waals surface area contributed by atoms with E-state index in [1.54, 1.807) is 20.8 Å². The predicted molar refractivity (Wildman–Crippen MR) is 109 cm³/mol. The summed E-state index contributed by atoms with van der Waals surface area (Å²) in [6.45, 7) is 5.39. The number of ether oxygens (including phenoxy) is 2. The van der Waals surface area contributed by atoms with Gasteiger partial charge in [0.15, 0.2) is 0 Å². The van der Waals surface area contributed by atoms with E-state index >= 15 is 0 Å². The van der Waals surface area contributed by atoms with Crippen LogP contribution in [0.5, 0.6) is 0 Å². The Hall–Kier alpha value is -3.35. The quantitative estimate of drug-likeness (QED) is 0.620. The number of aromatic nitrogens is 2. The summed E-state index contributed by atoms with van der Waals surface area (Å²) >= 11 is 0. The average Bonchev–Trinajstić information content (AvgIpc) is 3.07. The van der Waals surface area contributed by atoms with Crippen LogP contribution in [0, 0.1) is 0 Å². The van der Waals surface area contributed by atoms with E-state index < -0.39 is 23.7 Å². The molecule has 3 rings (SSSR count). The Kier molecular flexibility index (Phi) is 6.16. The van der Waals surface area contributed by atoms with Gasteiger partial charge in [0.25, 0.3) is 0 Å². The second-order valence-corrected chi connectivity index (χ2v) is 7.70. The zero-order valence-electron chi connectivity index (χ0n) is 16.8. The number of nitrogens with one attached hydrogen (secondary N) is 2. The lowest BCUT2D eigenvalue weighted by atomic mass is 10.2. The Bertz CT molecular complexity index is 943. The molecular formula is C22H25N3O4. The van der Waals surface area contributed by atoms with Gasteiger partial charge in [-0.2, -0.15) is 0 Å². The Morgan fingerprint density at radius 1 is 1.07 bits per heavy atom. The number of hydrogen-bond acceptors (Lipinski definition) is 5. The normalized spacial score (nSPS) is 12.4. The van der Waals surface area contributed by atoms with Crippen LogP contribution in [0.2, 0.25) is 0 Å². The molecule has 0 aliphatic carbocycles. The van der Waals surface area contributed by atoms with Crippen LogP contribution in [0.25, 0.3) is 11.0 Å². The van der Waals surface area contributed by atoms with Crippen LogP contribution in [0.4, 0.5) is 4.79 Å². The van der Waals surface area contributed by atoms with Crippen molar-refractivity contribution < 1.29 is 19.1 Å². The fourth-order valence-electron chi connectivity index (χ4n) is 2.77. The molecule has 2 N–H and O–H groups in total. The van der Waals surface area contributed by atoms with Crippen molar-refractivity contribution in [1.82, 2.24) is 15.3 Å². The minimum Gasteiger partial charge on any atom is -0.459 e. The van der Waals surface area contributed by atoms with Crippen molar-refractivity contribution in [2.45, 2.75) is 45.4 Å². The highest BCUT2D eigenvalue weighted by molar-refractivity contribution is 5.82. The molecule has 1 amide bonds. The number of hydrogen-bond donors (Lipinski definition) is 2. The number of esters is 1. The zero-order chi connectivity index (χ0) is 20.9. The van der Waals surface area contributed by atoms with Gasteiger partial charge in [-0.25, -0.2) is 14.6 Å². The van der Waals surface area contributed by atoms with Gasteiger partial charge in [-0.15, -0.1) is 0 Å². The highest BCUT2D eigenvalue weighted by Crippen LogP contribution is 2.13. The fraction of sp³-hybridized carbons (Fsp3) is 0.318. The molecular weight excluding hydrogens is 370 g/mol. The Labute approximate surface area is 169 Å². The highest BCUT2D eigenvalue weighted by Gasteiger charge is 2.27. The fourth-order valence-corrected chi connectivity index (χ4v) is 2.77. The molecule has 7 heteroatoms. The van der Waals surface area contributed by atoms with Gasteiger partial charge in [0, 0.05) is 6.42 Å². The molecule has 0 radical (unpaired) electrons. The number of nitrogens with zero attached hydrogens (tertiary/aromatic N) is 1. The maximum Gasteiger partial charge on any atom is 0.408 e. The van der Waals surface area contributed by atoms with E-state index in [1.165, 1.54) is 0 Å². The second kappa shape index (κ2) is 8.77.